The minimum atomic E-state index is 0.342. The van der Waals surface area contributed by atoms with Crippen LogP contribution in [0.1, 0.15) is 22.4 Å². The van der Waals surface area contributed by atoms with Gasteiger partial charge in [-0.3, -0.25) is 5.43 Å². The largest absolute Gasteiger partial charge is 0.380 e. The number of hydrogen-bond acceptors (Lipinski definition) is 5. The highest BCUT2D eigenvalue weighted by Crippen LogP contribution is 2.19. The van der Waals surface area contributed by atoms with E-state index in [0.717, 1.165) is 16.8 Å². The highest BCUT2D eigenvalue weighted by atomic mass is 35.5. The molecule has 0 spiro atoms. The van der Waals surface area contributed by atoms with Crippen molar-refractivity contribution in [3.05, 3.63) is 57.7 Å². The predicted octanol–water partition coefficient (Wildman–Crippen LogP) is 3.51. The number of halogens is 1. The molecule has 2 aromatic rings. The Hall–Kier alpha value is -2.42. The lowest BCUT2D eigenvalue weighted by molar-refractivity contribution is 0.184. The number of ether oxygens (including phenoxy) is 1. The summed E-state index contributed by atoms with van der Waals surface area (Å²) in [7, 11) is 1.58. The second-order valence-electron chi connectivity index (χ2n) is 4.58. The van der Waals surface area contributed by atoms with Crippen LogP contribution in [0.25, 0.3) is 0 Å². The van der Waals surface area contributed by atoms with E-state index in [1.165, 1.54) is 0 Å². The highest BCUT2D eigenvalue weighted by molar-refractivity contribution is 6.33. The second-order valence-corrected chi connectivity index (χ2v) is 4.99. The van der Waals surface area contributed by atoms with Crippen molar-refractivity contribution in [2.45, 2.75) is 13.5 Å². The summed E-state index contributed by atoms with van der Waals surface area (Å²) in [6.07, 6.45) is 1.59. The molecule has 0 fully saturated rings. The van der Waals surface area contributed by atoms with Crippen molar-refractivity contribution in [1.29, 1.82) is 5.26 Å². The Morgan fingerprint density at radius 1 is 1.45 bits per heavy atom. The number of hydrogen-bond donors (Lipinski definition) is 1. The zero-order chi connectivity index (χ0) is 15.9. The average Bonchev–Trinajstić information content (AvgIpc) is 2.49. The topological polar surface area (TPSA) is 70.3 Å². The molecule has 6 heteroatoms. The summed E-state index contributed by atoms with van der Waals surface area (Å²) in [6, 6.07) is 11.3. The third kappa shape index (κ3) is 3.82. The maximum absolute atomic E-state index is 9.32. The number of nitrogens with zero attached hydrogens (tertiary/aromatic N) is 3. The Labute approximate surface area is 134 Å². The molecule has 0 unspecified atom stereocenters. The fourth-order valence-electron chi connectivity index (χ4n) is 1.96. The van der Waals surface area contributed by atoms with Crippen LogP contribution in [-0.2, 0) is 11.3 Å². The number of nitrogens with one attached hydrogen (secondary N) is 1. The quantitative estimate of drug-likeness (QED) is 0.677. The number of aryl methyl sites for hydroxylation is 1. The number of benzene rings is 1. The van der Waals surface area contributed by atoms with Gasteiger partial charge in [-0.15, -0.1) is 0 Å². The van der Waals surface area contributed by atoms with Crippen molar-refractivity contribution in [3.63, 3.8) is 0 Å². The minimum Gasteiger partial charge on any atom is -0.380 e. The summed E-state index contributed by atoms with van der Waals surface area (Å²) in [4.78, 5) is 4.30. The number of anilines is 1. The molecular weight excluding hydrogens is 300 g/mol. The summed E-state index contributed by atoms with van der Waals surface area (Å²) < 4.78 is 5.11. The number of rotatable bonds is 5. The molecule has 0 saturated carbocycles. The molecule has 0 saturated heterocycles. The molecule has 1 aromatic carbocycles. The van der Waals surface area contributed by atoms with Crippen LogP contribution in [0.3, 0.4) is 0 Å². The zero-order valence-electron chi connectivity index (χ0n) is 12.3. The Morgan fingerprint density at radius 2 is 2.23 bits per heavy atom. The molecule has 0 aliphatic heterocycles. The molecule has 0 radical (unpaired) electrons. The monoisotopic (exact) mass is 314 g/mol. The first-order valence-corrected chi connectivity index (χ1v) is 6.96. The summed E-state index contributed by atoms with van der Waals surface area (Å²) in [5, 5.41) is 14.0. The fourth-order valence-corrected chi connectivity index (χ4v) is 2.14. The number of nitriles is 1. The van der Waals surface area contributed by atoms with Crippen molar-refractivity contribution in [2.75, 3.05) is 12.5 Å². The van der Waals surface area contributed by atoms with Crippen molar-refractivity contribution in [2.24, 2.45) is 5.10 Å². The maximum Gasteiger partial charge on any atom is 0.164 e. The van der Waals surface area contributed by atoms with Crippen molar-refractivity contribution in [3.8, 4) is 6.07 Å². The van der Waals surface area contributed by atoms with Gasteiger partial charge in [0, 0.05) is 29.0 Å². The van der Waals surface area contributed by atoms with E-state index in [9.17, 15) is 5.26 Å². The molecule has 22 heavy (non-hydrogen) atoms. The lowest BCUT2D eigenvalue weighted by atomic mass is 10.1. The lowest BCUT2D eigenvalue weighted by Gasteiger charge is -2.09. The Bertz CT molecular complexity index is 737. The molecule has 1 heterocycles. The highest BCUT2D eigenvalue weighted by Gasteiger charge is 2.10. The van der Waals surface area contributed by atoms with E-state index in [1.54, 1.807) is 19.4 Å². The molecule has 112 valence electrons. The predicted molar refractivity (Wildman–Crippen MR) is 87.1 cm³/mol. The van der Waals surface area contributed by atoms with E-state index in [1.807, 2.05) is 31.2 Å². The molecule has 2 rings (SSSR count). The van der Waals surface area contributed by atoms with Crippen molar-refractivity contribution in [1.82, 2.24) is 4.98 Å². The molecule has 0 aliphatic carbocycles. The third-order valence-corrected chi connectivity index (χ3v) is 3.26. The van der Waals surface area contributed by atoms with Gasteiger partial charge in [0.1, 0.15) is 11.6 Å². The van der Waals surface area contributed by atoms with E-state index < -0.39 is 0 Å². The first-order valence-electron chi connectivity index (χ1n) is 6.59. The molecule has 0 aliphatic rings. The van der Waals surface area contributed by atoms with Crippen LogP contribution in [-0.4, -0.2) is 18.3 Å². The Balaban J connectivity index is 2.26. The molecule has 1 aromatic heterocycles. The van der Waals surface area contributed by atoms with E-state index in [2.05, 4.69) is 21.6 Å². The SMILES string of the molecule is COCc1cc(C)nc(N/N=C/c2ccccc2Cl)c1C#N. The molecule has 1 N–H and O–H groups in total. The number of aromatic nitrogens is 1. The van der Waals surface area contributed by atoms with Gasteiger partial charge in [-0.25, -0.2) is 4.98 Å². The summed E-state index contributed by atoms with van der Waals surface area (Å²) in [6.45, 7) is 2.19. The summed E-state index contributed by atoms with van der Waals surface area (Å²) in [5.41, 5.74) is 5.55. The molecular formula is C16H15ClN4O. The second kappa shape index (κ2) is 7.55. The van der Waals surface area contributed by atoms with E-state index >= 15 is 0 Å². The summed E-state index contributed by atoms with van der Waals surface area (Å²) in [5.74, 6) is 0.401. The van der Waals surface area contributed by atoms with Crippen LogP contribution < -0.4 is 5.43 Å². The van der Waals surface area contributed by atoms with Gasteiger partial charge < -0.3 is 4.74 Å². The van der Waals surface area contributed by atoms with Crippen LogP contribution in [0, 0.1) is 18.3 Å². The van der Waals surface area contributed by atoms with Gasteiger partial charge >= 0.3 is 0 Å². The van der Waals surface area contributed by atoms with Gasteiger partial charge in [-0.05, 0) is 19.1 Å². The molecule has 0 bridgehead atoms. The third-order valence-electron chi connectivity index (χ3n) is 2.92. The van der Waals surface area contributed by atoms with E-state index in [-0.39, 0.29) is 0 Å². The lowest BCUT2D eigenvalue weighted by Crippen LogP contribution is -2.03. The molecule has 0 amide bonds. The maximum atomic E-state index is 9.32. The number of pyridine rings is 1. The number of hydrazone groups is 1. The van der Waals surface area contributed by atoms with Gasteiger partial charge in [0.15, 0.2) is 5.82 Å². The van der Waals surface area contributed by atoms with Gasteiger partial charge in [0.2, 0.25) is 0 Å². The van der Waals surface area contributed by atoms with Gasteiger partial charge in [0.25, 0.3) is 0 Å². The first-order chi connectivity index (χ1) is 10.7. The van der Waals surface area contributed by atoms with E-state index in [4.69, 9.17) is 16.3 Å². The normalized spacial score (nSPS) is 10.6. The summed E-state index contributed by atoms with van der Waals surface area (Å²) >= 11 is 6.05. The zero-order valence-corrected chi connectivity index (χ0v) is 13.1. The van der Waals surface area contributed by atoms with Crippen LogP contribution >= 0.6 is 11.6 Å². The van der Waals surface area contributed by atoms with Crippen LogP contribution in [0.15, 0.2) is 35.4 Å². The van der Waals surface area contributed by atoms with Gasteiger partial charge in [0.05, 0.1) is 12.8 Å². The Kier molecular flexibility index (Phi) is 5.48. The first kappa shape index (κ1) is 16.0. The van der Waals surface area contributed by atoms with Gasteiger partial charge in [-0.2, -0.15) is 10.4 Å². The van der Waals surface area contributed by atoms with E-state index in [0.29, 0.717) is 23.0 Å². The fraction of sp³-hybridized carbons (Fsp3) is 0.188. The molecule has 0 atom stereocenters. The smallest absolute Gasteiger partial charge is 0.164 e. The standard InChI is InChI=1S/C16H15ClN4O/c1-11-7-13(10-22-2)14(8-18)16(20-11)21-19-9-12-5-3-4-6-15(12)17/h3-7,9H,10H2,1-2H3,(H,20,21)/b19-9+. The average molecular weight is 315 g/mol. The van der Waals surface area contributed by atoms with Crippen LogP contribution in [0.4, 0.5) is 5.82 Å². The van der Waals surface area contributed by atoms with Crippen molar-refractivity contribution < 1.29 is 4.74 Å². The van der Waals surface area contributed by atoms with Crippen molar-refractivity contribution >= 4 is 23.6 Å². The molecule has 5 nitrogen and oxygen atoms in total. The number of methoxy groups -OCH3 is 1. The van der Waals surface area contributed by atoms with Crippen LogP contribution in [0.5, 0.6) is 0 Å². The van der Waals surface area contributed by atoms with Gasteiger partial charge in [-0.1, -0.05) is 29.8 Å². The Morgan fingerprint density at radius 3 is 2.91 bits per heavy atom. The van der Waals surface area contributed by atoms with Crippen LogP contribution in [0.2, 0.25) is 5.02 Å². The minimum absolute atomic E-state index is 0.342.